The van der Waals surface area contributed by atoms with Crippen LogP contribution in [0.4, 0.5) is 0 Å². The van der Waals surface area contributed by atoms with E-state index in [0.717, 1.165) is 26.2 Å². The van der Waals surface area contributed by atoms with Crippen LogP contribution in [0, 0.1) is 11.8 Å². The van der Waals surface area contributed by atoms with Crippen molar-refractivity contribution in [3.05, 3.63) is 0 Å². The van der Waals surface area contributed by atoms with Gasteiger partial charge in [-0.3, -0.25) is 4.79 Å². The maximum atomic E-state index is 12.5. The van der Waals surface area contributed by atoms with Gasteiger partial charge in [0.05, 0.1) is 0 Å². The highest BCUT2D eigenvalue weighted by atomic mass is 16.2. The Balaban J connectivity index is 1.85. The van der Waals surface area contributed by atoms with Gasteiger partial charge in [0.15, 0.2) is 0 Å². The van der Waals surface area contributed by atoms with Crippen LogP contribution in [0.1, 0.15) is 40.0 Å². The van der Waals surface area contributed by atoms with E-state index < -0.39 is 0 Å². The predicted octanol–water partition coefficient (Wildman–Crippen LogP) is 1.22. The molecule has 2 aliphatic rings. The molecule has 2 rings (SSSR count). The van der Waals surface area contributed by atoms with Crippen LogP contribution in [0.25, 0.3) is 0 Å². The van der Waals surface area contributed by atoms with Crippen LogP contribution in [0.3, 0.4) is 0 Å². The first-order valence-electron chi connectivity index (χ1n) is 7.83. The summed E-state index contributed by atoms with van der Waals surface area (Å²) in [6.07, 6.45) is 3.24. The number of hydrogen-bond donors (Lipinski definition) is 2. The molecule has 0 aliphatic carbocycles. The lowest BCUT2D eigenvalue weighted by Gasteiger charge is -2.39. The first kappa shape index (κ1) is 14.8. The summed E-state index contributed by atoms with van der Waals surface area (Å²) < 4.78 is 0. The third-order valence-electron chi connectivity index (χ3n) is 4.99. The normalized spacial score (nSPS) is 34.1. The van der Waals surface area contributed by atoms with Gasteiger partial charge in [-0.25, -0.2) is 0 Å². The van der Waals surface area contributed by atoms with Crippen molar-refractivity contribution >= 4 is 5.91 Å². The van der Waals surface area contributed by atoms with E-state index in [1.165, 1.54) is 12.8 Å². The smallest absolute Gasteiger partial charge is 0.223 e. The highest BCUT2D eigenvalue weighted by molar-refractivity contribution is 5.77. The first-order valence-corrected chi connectivity index (χ1v) is 7.83. The van der Waals surface area contributed by atoms with E-state index in [9.17, 15) is 4.79 Å². The molecule has 0 spiro atoms. The van der Waals surface area contributed by atoms with Crippen LogP contribution in [0.15, 0.2) is 0 Å². The second-order valence-corrected chi connectivity index (χ2v) is 6.36. The maximum Gasteiger partial charge on any atom is 0.223 e. The molecule has 2 N–H and O–H groups in total. The Hall–Kier alpha value is -0.610. The molecule has 19 heavy (non-hydrogen) atoms. The van der Waals surface area contributed by atoms with Crippen molar-refractivity contribution in [3.8, 4) is 0 Å². The van der Waals surface area contributed by atoms with Crippen molar-refractivity contribution in [3.63, 3.8) is 0 Å². The SMILES string of the molecule is CC(CC(=O)N1CCNC(C)C1C)C1CCCNC1. The van der Waals surface area contributed by atoms with Gasteiger partial charge < -0.3 is 15.5 Å². The molecule has 4 heteroatoms. The van der Waals surface area contributed by atoms with Crippen molar-refractivity contribution in [1.29, 1.82) is 0 Å². The zero-order chi connectivity index (χ0) is 13.8. The molecule has 4 atom stereocenters. The number of nitrogens with one attached hydrogen (secondary N) is 2. The Kier molecular flexibility index (Phi) is 5.22. The lowest BCUT2D eigenvalue weighted by molar-refractivity contribution is -0.136. The van der Waals surface area contributed by atoms with Crippen molar-refractivity contribution < 1.29 is 4.79 Å². The van der Waals surface area contributed by atoms with Gasteiger partial charge in [-0.15, -0.1) is 0 Å². The summed E-state index contributed by atoms with van der Waals surface area (Å²) in [6, 6.07) is 0.724. The van der Waals surface area contributed by atoms with Crippen LogP contribution in [-0.2, 0) is 4.79 Å². The highest BCUT2D eigenvalue weighted by Crippen LogP contribution is 2.24. The standard InChI is InChI=1S/C15H29N3O/c1-11(14-5-4-6-16-10-14)9-15(19)18-8-7-17-12(2)13(18)3/h11-14,16-17H,4-10H2,1-3H3. The minimum Gasteiger partial charge on any atom is -0.337 e. The van der Waals surface area contributed by atoms with Crippen LogP contribution in [0.5, 0.6) is 0 Å². The summed E-state index contributed by atoms with van der Waals surface area (Å²) in [5.74, 6) is 1.52. The van der Waals surface area contributed by atoms with E-state index in [0.29, 0.717) is 36.2 Å². The molecule has 2 heterocycles. The molecule has 0 aromatic rings. The van der Waals surface area contributed by atoms with Gasteiger partial charge in [-0.2, -0.15) is 0 Å². The third kappa shape index (κ3) is 3.69. The Bertz CT molecular complexity index is 302. The van der Waals surface area contributed by atoms with E-state index in [1.54, 1.807) is 0 Å². The largest absolute Gasteiger partial charge is 0.337 e. The van der Waals surface area contributed by atoms with E-state index in [4.69, 9.17) is 0 Å². The molecule has 2 aliphatic heterocycles. The Labute approximate surface area is 117 Å². The zero-order valence-electron chi connectivity index (χ0n) is 12.6. The van der Waals surface area contributed by atoms with E-state index in [1.807, 2.05) is 0 Å². The number of carbonyl (C=O) groups is 1. The molecule has 0 aromatic carbocycles. The molecule has 2 saturated heterocycles. The summed E-state index contributed by atoms with van der Waals surface area (Å²) >= 11 is 0. The maximum absolute atomic E-state index is 12.5. The van der Waals surface area contributed by atoms with Crippen LogP contribution in [0.2, 0.25) is 0 Å². The fraction of sp³-hybridized carbons (Fsp3) is 0.933. The van der Waals surface area contributed by atoms with Gasteiger partial charge in [-0.1, -0.05) is 6.92 Å². The lowest BCUT2D eigenvalue weighted by Crippen LogP contribution is -2.57. The Morgan fingerprint density at radius 2 is 2.16 bits per heavy atom. The second kappa shape index (κ2) is 6.71. The molecule has 0 radical (unpaired) electrons. The number of nitrogens with zero attached hydrogens (tertiary/aromatic N) is 1. The highest BCUT2D eigenvalue weighted by Gasteiger charge is 2.30. The minimum atomic E-state index is 0.318. The van der Waals surface area contributed by atoms with Crippen molar-refractivity contribution in [2.75, 3.05) is 26.2 Å². The van der Waals surface area contributed by atoms with Crippen molar-refractivity contribution in [2.45, 2.75) is 52.1 Å². The van der Waals surface area contributed by atoms with Crippen LogP contribution < -0.4 is 10.6 Å². The van der Waals surface area contributed by atoms with Gasteiger partial charge in [0.1, 0.15) is 0 Å². The molecule has 4 nitrogen and oxygen atoms in total. The molecule has 0 saturated carbocycles. The average Bonchev–Trinajstić information content (AvgIpc) is 2.42. The van der Waals surface area contributed by atoms with Gasteiger partial charge in [0.25, 0.3) is 0 Å². The topological polar surface area (TPSA) is 44.4 Å². The van der Waals surface area contributed by atoms with E-state index in [2.05, 4.69) is 36.3 Å². The molecule has 2 fully saturated rings. The zero-order valence-corrected chi connectivity index (χ0v) is 12.6. The van der Waals surface area contributed by atoms with E-state index in [-0.39, 0.29) is 0 Å². The van der Waals surface area contributed by atoms with Crippen molar-refractivity contribution in [2.24, 2.45) is 11.8 Å². The number of piperazine rings is 1. The predicted molar refractivity (Wildman–Crippen MR) is 78.0 cm³/mol. The number of piperidine rings is 1. The van der Waals surface area contributed by atoms with Crippen LogP contribution in [-0.4, -0.2) is 49.1 Å². The molecule has 1 amide bonds. The monoisotopic (exact) mass is 267 g/mol. The summed E-state index contributed by atoms with van der Waals surface area (Å²) in [7, 11) is 0. The summed E-state index contributed by atoms with van der Waals surface area (Å²) in [4.78, 5) is 14.6. The van der Waals surface area contributed by atoms with Gasteiger partial charge in [-0.05, 0) is 51.6 Å². The Morgan fingerprint density at radius 3 is 2.84 bits per heavy atom. The fourth-order valence-corrected chi connectivity index (χ4v) is 3.33. The lowest BCUT2D eigenvalue weighted by atomic mass is 9.85. The molecular weight excluding hydrogens is 238 g/mol. The molecule has 110 valence electrons. The quantitative estimate of drug-likeness (QED) is 0.808. The molecular formula is C15H29N3O. The van der Waals surface area contributed by atoms with E-state index >= 15 is 0 Å². The number of rotatable bonds is 3. The number of amides is 1. The summed E-state index contributed by atoms with van der Waals surface area (Å²) in [6.45, 7) is 10.6. The molecule has 4 unspecified atom stereocenters. The summed E-state index contributed by atoms with van der Waals surface area (Å²) in [5, 5.41) is 6.88. The Morgan fingerprint density at radius 1 is 1.37 bits per heavy atom. The fourth-order valence-electron chi connectivity index (χ4n) is 3.33. The average molecular weight is 267 g/mol. The second-order valence-electron chi connectivity index (χ2n) is 6.36. The van der Waals surface area contributed by atoms with Crippen LogP contribution >= 0.6 is 0 Å². The van der Waals surface area contributed by atoms with Gasteiger partial charge in [0.2, 0.25) is 5.91 Å². The minimum absolute atomic E-state index is 0.318. The first-order chi connectivity index (χ1) is 9.09. The molecule has 0 aromatic heterocycles. The molecule has 0 bridgehead atoms. The van der Waals surface area contributed by atoms with Crippen molar-refractivity contribution in [1.82, 2.24) is 15.5 Å². The third-order valence-corrected chi connectivity index (χ3v) is 4.99. The van der Waals surface area contributed by atoms with Gasteiger partial charge >= 0.3 is 0 Å². The number of carbonyl (C=O) groups excluding carboxylic acids is 1. The summed E-state index contributed by atoms with van der Waals surface area (Å²) in [5.41, 5.74) is 0. The van der Waals surface area contributed by atoms with Gasteiger partial charge in [0, 0.05) is 31.6 Å². The number of hydrogen-bond acceptors (Lipinski definition) is 3.